The lowest BCUT2D eigenvalue weighted by molar-refractivity contribution is 0.881. The van der Waals surface area contributed by atoms with E-state index in [2.05, 4.69) is 31.1 Å². The SMILES string of the molecule is Cc1n[c]sc1-c1nnn[nH]1. The topological polar surface area (TPSA) is 67.3 Å². The second-order valence-corrected chi connectivity index (χ2v) is 2.76. The first kappa shape index (κ1) is 6.41. The lowest BCUT2D eigenvalue weighted by atomic mass is 10.4. The van der Waals surface area contributed by atoms with Crippen molar-refractivity contribution in [2.75, 3.05) is 0 Å². The molecule has 0 saturated carbocycles. The molecule has 0 aliphatic rings. The molecule has 5 nitrogen and oxygen atoms in total. The van der Waals surface area contributed by atoms with E-state index in [1.54, 1.807) is 0 Å². The van der Waals surface area contributed by atoms with Crippen LogP contribution < -0.4 is 0 Å². The number of tetrazole rings is 1. The third-order valence-electron chi connectivity index (χ3n) is 1.25. The molecule has 0 spiro atoms. The maximum absolute atomic E-state index is 3.95. The Balaban J connectivity index is 2.53. The molecule has 2 aromatic heterocycles. The van der Waals surface area contributed by atoms with Crippen molar-refractivity contribution < 1.29 is 0 Å². The van der Waals surface area contributed by atoms with Crippen molar-refractivity contribution in [2.45, 2.75) is 6.92 Å². The van der Waals surface area contributed by atoms with Crippen LogP contribution in [0, 0.1) is 12.4 Å². The first-order chi connectivity index (χ1) is 5.38. The van der Waals surface area contributed by atoms with Crippen molar-refractivity contribution in [3.05, 3.63) is 11.2 Å². The van der Waals surface area contributed by atoms with Crippen LogP contribution in [-0.4, -0.2) is 25.6 Å². The summed E-state index contributed by atoms with van der Waals surface area (Å²) in [6.07, 6.45) is 0. The summed E-state index contributed by atoms with van der Waals surface area (Å²) in [4.78, 5) is 4.89. The van der Waals surface area contributed by atoms with Crippen LogP contribution in [0.1, 0.15) is 5.69 Å². The highest BCUT2D eigenvalue weighted by Gasteiger charge is 2.07. The Labute approximate surface area is 66.5 Å². The summed E-state index contributed by atoms with van der Waals surface area (Å²) in [6, 6.07) is 0. The van der Waals surface area contributed by atoms with Crippen LogP contribution in [0.4, 0.5) is 0 Å². The minimum absolute atomic E-state index is 0.654. The highest BCUT2D eigenvalue weighted by molar-refractivity contribution is 7.12. The molecule has 0 aliphatic heterocycles. The molecule has 2 rings (SSSR count). The van der Waals surface area contributed by atoms with Crippen molar-refractivity contribution in [2.24, 2.45) is 0 Å². The van der Waals surface area contributed by atoms with Gasteiger partial charge in [0.1, 0.15) is 0 Å². The summed E-state index contributed by atoms with van der Waals surface area (Å²) in [5.74, 6) is 0.654. The molecule has 0 amide bonds. The van der Waals surface area contributed by atoms with E-state index in [9.17, 15) is 0 Å². The molecular weight excluding hydrogens is 162 g/mol. The fourth-order valence-electron chi connectivity index (χ4n) is 0.737. The molecule has 55 valence electrons. The fraction of sp³-hybridized carbons (Fsp3) is 0.200. The van der Waals surface area contributed by atoms with Gasteiger partial charge in [-0.15, -0.1) is 16.4 Å². The van der Waals surface area contributed by atoms with Gasteiger partial charge in [-0.05, 0) is 17.4 Å². The number of hydrogen-bond acceptors (Lipinski definition) is 5. The first-order valence-corrected chi connectivity index (χ1v) is 3.77. The van der Waals surface area contributed by atoms with Gasteiger partial charge in [0.2, 0.25) is 0 Å². The summed E-state index contributed by atoms with van der Waals surface area (Å²) < 4.78 is 0. The Morgan fingerprint density at radius 3 is 3.00 bits per heavy atom. The van der Waals surface area contributed by atoms with Crippen molar-refractivity contribution in [1.82, 2.24) is 25.6 Å². The smallest absolute Gasteiger partial charge is 0.191 e. The van der Waals surface area contributed by atoms with E-state index in [1.165, 1.54) is 11.3 Å². The average molecular weight is 166 g/mol. The number of H-pyrrole nitrogens is 1. The molecule has 0 atom stereocenters. The van der Waals surface area contributed by atoms with E-state index < -0.39 is 0 Å². The van der Waals surface area contributed by atoms with Gasteiger partial charge in [-0.1, -0.05) is 0 Å². The van der Waals surface area contributed by atoms with E-state index in [-0.39, 0.29) is 0 Å². The average Bonchev–Trinajstić information content (AvgIpc) is 2.55. The standard InChI is InChI=1S/C5H4N5S/c1-3-4(11-2-6-3)5-7-9-10-8-5/h1H3,(H,7,8,9,10). The first-order valence-electron chi connectivity index (χ1n) is 2.95. The summed E-state index contributed by atoms with van der Waals surface area (Å²) in [7, 11) is 0. The zero-order chi connectivity index (χ0) is 7.68. The second-order valence-electron chi connectivity index (χ2n) is 1.97. The van der Waals surface area contributed by atoms with Crippen LogP contribution >= 0.6 is 11.3 Å². The zero-order valence-electron chi connectivity index (χ0n) is 5.70. The molecule has 0 aromatic carbocycles. The highest BCUT2D eigenvalue weighted by atomic mass is 32.1. The number of rotatable bonds is 1. The summed E-state index contributed by atoms with van der Waals surface area (Å²) in [5, 5.41) is 13.3. The van der Waals surface area contributed by atoms with Crippen LogP contribution in [0.5, 0.6) is 0 Å². The number of aromatic nitrogens is 5. The van der Waals surface area contributed by atoms with Gasteiger partial charge in [-0.2, -0.15) is 0 Å². The van der Waals surface area contributed by atoms with Gasteiger partial charge in [-0.25, -0.2) is 10.1 Å². The van der Waals surface area contributed by atoms with Crippen LogP contribution in [0.25, 0.3) is 10.7 Å². The zero-order valence-corrected chi connectivity index (χ0v) is 6.51. The van der Waals surface area contributed by atoms with Gasteiger partial charge in [0.25, 0.3) is 0 Å². The minimum atomic E-state index is 0.654. The van der Waals surface area contributed by atoms with E-state index in [0.717, 1.165) is 10.6 Å². The van der Waals surface area contributed by atoms with Crippen LogP contribution in [0.2, 0.25) is 0 Å². The van der Waals surface area contributed by atoms with Crippen molar-refractivity contribution in [1.29, 1.82) is 0 Å². The van der Waals surface area contributed by atoms with Gasteiger partial charge in [0, 0.05) is 0 Å². The van der Waals surface area contributed by atoms with Crippen molar-refractivity contribution in [3.63, 3.8) is 0 Å². The van der Waals surface area contributed by atoms with Gasteiger partial charge in [0.05, 0.1) is 10.6 Å². The number of nitrogens with zero attached hydrogens (tertiary/aromatic N) is 4. The predicted molar refractivity (Wildman–Crippen MR) is 38.9 cm³/mol. The molecular formula is C5H4N5S. The highest BCUT2D eigenvalue weighted by Crippen LogP contribution is 2.21. The molecule has 0 saturated heterocycles. The predicted octanol–water partition coefficient (Wildman–Crippen LogP) is 0.432. The van der Waals surface area contributed by atoms with Crippen molar-refractivity contribution in [3.8, 4) is 10.7 Å². The van der Waals surface area contributed by atoms with Crippen LogP contribution in [0.3, 0.4) is 0 Å². The normalized spacial score (nSPS) is 10.3. The van der Waals surface area contributed by atoms with E-state index in [4.69, 9.17) is 0 Å². The molecule has 6 heteroatoms. The van der Waals surface area contributed by atoms with E-state index >= 15 is 0 Å². The molecule has 0 aliphatic carbocycles. The van der Waals surface area contributed by atoms with Crippen LogP contribution in [-0.2, 0) is 0 Å². The van der Waals surface area contributed by atoms with E-state index in [0.29, 0.717) is 5.82 Å². The number of hydrogen-bond donors (Lipinski definition) is 1. The largest absolute Gasteiger partial charge is 0.238 e. The molecule has 0 unspecified atom stereocenters. The molecule has 1 radical (unpaired) electrons. The van der Waals surface area contributed by atoms with E-state index in [1.807, 2.05) is 6.92 Å². The Morgan fingerprint density at radius 2 is 2.45 bits per heavy atom. The van der Waals surface area contributed by atoms with Gasteiger partial charge < -0.3 is 0 Å². The number of aromatic amines is 1. The lowest BCUT2D eigenvalue weighted by Gasteiger charge is -1.86. The monoisotopic (exact) mass is 166 g/mol. The molecule has 2 aromatic rings. The fourth-order valence-corrected chi connectivity index (χ4v) is 1.39. The molecule has 1 N–H and O–H groups in total. The maximum atomic E-state index is 3.95. The van der Waals surface area contributed by atoms with Crippen LogP contribution in [0.15, 0.2) is 0 Å². The van der Waals surface area contributed by atoms with Crippen molar-refractivity contribution >= 4 is 11.3 Å². The summed E-state index contributed by atoms with van der Waals surface area (Å²) in [6.45, 7) is 1.89. The Bertz CT molecular complexity index is 337. The second kappa shape index (κ2) is 2.39. The molecule has 2 heterocycles. The summed E-state index contributed by atoms with van der Waals surface area (Å²) >= 11 is 1.40. The number of thiazole rings is 1. The maximum Gasteiger partial charge on any atom is 0.191 e. The molecule has 0 bridgehead atoms. The molecule has 0 fully saturated rings. The Hall–Kier alpha value is -1.30. The quantitative estimate of drug-likeness (QED) is 0.667. The van der Waals surface area contributed by atoms with Gasteiger partial charge >= 0.3 is 0 Å². The number of nitrogens with one attached hydrogen (secondary N) is 1. The van der Waals surface area contributed by atoms with Gasteiger partial charge in [-0.3, -0.25) is 0 Å². The minimum Gasteiger partial charge on any atom is -0.238 e. The molecule has 11 heavy (non-hydrogen) atoms. The Morgan fingerprint density at radius 1 is 1.55 bits per heavy atom. The third kappa shape index (κ3) is 1.01. The summed E-state index contributed by atoms with van der Waals surface area (Å²) in [5.41, 5.74) is 3.66. The third-order valence-corrected chi connectivity index (χ3v) is 2.13. The Kier molecular flexibility index (Phi) is 1.39. The lowest BCUT2D eigenvalue weighted by Crippen LogP contribution is -1.79. The van der Waals surface area contributed by atoms with Gasteiger partial charge in [0.15, 0.2) is 11.3 Å². The number of aryl methyl sites for hydroxylation is 1.